The number of benzene rings is 1. The highest BCUT2D eigenvalue weighted by molar-refractivity contribution is 5.83. The molecule has 0 aliphatic heterocycles. The van der Waals surface area contributed by atoms with E-state index in [1.807, 2.05) is 48.7 Å². The van der Waals surface area contributed by atoms with E-state index in [1.165, 1.54) is 64.2 Å². The molecule has 0 fully saturated rings. The van der Waals surface area contributed by atoms with Gasteiger partial charge in [-0.15, -0.1) is 0 Å². The molecule has 0 N–H and O–H groups in total. The molecule has 0 saturated heterocycles. The van der Waals surface area contributed by atoms with Gasteiger partial charge in [0.15, 0.2) is 11.9 Å². The third kappa shape index (κ3) is 7.66. The lowest BCUT2D eigenvalue weighted by atomic mass is 10.1. The second kappa shape index (κ2) is 14.7. The van der Waals surface area contributed by atoms with Crippen LogP contribution in [0.15, 0.2) is 73.1 Å². The molecule has 4 aromatic rings. The van der Waals surface area contributed by atoms with Gasteiger partial charge in [0.1, 0.15) is 12.2 Å². The first-order chi connectivity index (χ1) is 16.9. The Kier molecular flexibility index (Phi) is 11.3. The number of unbranched alkanes of at least 4 members (excludes halogenated alkanes) is 9. The average Bonchev–Trinajstić information content (AvgIpc) is 2.90. The molecular weight excluding hydrogens is 496 g/mol. The monoisotopic (exact) mass is 532 g/mol. The number of rotatable bonds is 13. The van der Waals surface area contributed by atoms with Crippen molar-refractivity contribution in [2.75, 3.05) is 0 Å². The van der Waals surface area contributed by atoms with Gasteiger partial charge in [0.25, 0.3) is 0 Å². The lowest BCUT2D eigenvalue weighted by Gasteiger charge is -2.10. The number of fused-ring (bicyclic) bond motifs is 1. The maximum atomic E-state index is 5.06. The molecule has 0 amide bonds. The van der Waals surface area contributed by atoms with E-state index in [1.54, 1.807) is 0 Å². The van der Waals surface area contributed by atoms with Crippen LogP contribution in [0, 0.1) is 0 Å². The molecule has 5 heteroatoms. The van der Waals surface area contributed by atoms with E-state index in [0.717, 1.165) is 40.4 Å². The van der Waals surface area contributed by atoms with Crippen LogP contribution in [-0.4, -0.2) is 15.0 Å². The van der Waals surface area contributed by atoms with Gasteiger partial charge in [0, 0.05) is 24.8 Å². The molecule has 1 aromatic carbocycles. The Hall–Kier alpha value is -2.66. The van der Waals surface area contributed by atoms with Crippen LogP contribution in [0.25, 0.3) is 33.8 Å². The Morgan fingerprint density at radius 3 is 1.89 bits per heavy atom. The molecule has 0 aliphatic carbocycles. The third-order valence-corrected chi connectivity index (χ3v) is 6.41. The zero-order valence-corrected chi connectivity index (χ0v) is 22.5. The number of hydrogen-bond acceptors (Lipinski definition) is 3. The van der Waals surface area contributed by atoms with Gasteiger partial charge < -0.3 is 17.0 Å². The standard InChI is InChI=1S/C30H37N4.BrH/c1-2-3-4-5-6-7-8-9-10-16-23-34-24-17-14-21-28(34)30-29(27-20-13-15-22-31-27)32-25-18-11-12-19-26(25)33-30;/h11-15,17-22,24H,2-10,16,23H2,1H3;1H/q+1;/p-1. The van der Waals surface area contributed by atoms with E-state index in [4.69, 9.17) is 9.97 Å². The van der Waals surface area contributed by atoms with Crippen molar-refractivity contribution in [1.29, 1.82) is 0 Å². The molecule has 184 valence electrons. The van der Waals surface area contributed by atoms with E-state index in [-0.39, 0.29) is 17.0 Å². The fourth-order valence-corrected chi connectivity index (χ4v) is 4.52. The molecule has 0 aliphatic rings. The van der Waals surface area contributed by atoms with Crippen LogP contribution in [0.5, 0.6) is 0 Å². The molecule has 0 bridgehead atoms. The third-order valence-electron chi connectivity index (χ3n) is 6.41. The number of hydrogen-bond donors (Lipinski definition) is 0. The SMILES string of the molecule is CCCCCCCCCCCC[n+]1ccccc1-c1nc2ccccc2nc1-c1ccccn1.[Br-]. The molecule has 3 aromatic heterocycles. The molecule has 4 rings (SSSR count). The summed E-state index contributed by atoms with van der Waals surface area (Å²) in [6, 6.07) is 20.4. The van der Waals surface area contributed by atoms with Gasteiger partial charge in [-0.05, 0) is 36.8 Å². The van der Waals surface area contributed by atoms with Crippen molar-refractivity contribution in [3.8, 4) is 22.8 Å². The number of pyridine rings is 2. The van der Waals surface area contributed by atoms with Crippen LogP contribution in [0.4, 0.5) is 0 Å². The van der Waals surface area contributed by atoms with Crippen LogP contribution in [0.1, 0.15) is 71.1 Å². The highest BCUT2D eigenvalue weighted by Crippen LogP contribution is 2.28. The fourth-order valence-electron chi connectivity index (χ4n) is 4.52. The van der Waals surface area contributed by atoms with Gasteiger partial charge in [-0.2, -0.15) is 4.57 Å². The maximum absolute atomic E-state index is 5.06. The van der Waals surface area contributed by atoms with Crippen LogP contribution < -0.4 is 21.5 Å². The molecule has 0 saturated carbocycles. The van der Waals surface area contributed by atoms with Crippen molar-refractivity contribution in [2.24, 2.45) is 0 Å². The van der Waals surface area contributed by atoms with Crippen molar-refractivity contribution < 1.29 is 21.5 Å². The number of halogens is 1. The van der Waals surface area contributed by atoms with Crippen LogP contribution in [0.2, 0.25) is 0 Å². The summed E-state index contributed by atoms with van der Waals surface area (Å²) in [6.07, 6.45) is 17.4. The topological polar surface area (TPSA) is 42.5 Å². The van der Waals surface area contributed by atoms with E-state index >= 15 is 0 Å². The molecule has 35 heavy (non-hydrogen) atoms. The average molecular weight is 534 g/mol. The number of aromatic nitrogens is 4. The van der Waals surface area contributed by atoms with Crippen LogP contribution in [-0.2, 0) is 6.54 Å². The summed E-state index contributed by atoms with van der Waals surface area (Å²) in [5, 5.41) is 0. The van der Waals surface area contributed by atoms with Gasteiger partial charge in [0.2, 0.25) is 5.69 Å². The predicted octanol–water partition coefficient (Wildman–Crippen LogP) is 4.57. The van der Waals surface area contributed by atoms with Gasteiger partial charge in [-0.1, -0.05) is 76.5 Å². The van der Waals surface area contributed by atoms with Crippen molar-refractivity contribution in [2.45, 2.75) is 77.7 Å². The van der Waals surface area contributed by atoms with Crippen molar-refractivity contribution in [3.05, 3.63) is 73.1 Å². The first kappa shape index (κ1) is 26.9. The summed E-state index contributed by atoms with van der Waals surface area (Å²) in [5.74, 6) is 0. The second-order valence-corrected chi connectivity index (χ2v) is 9.09. The minimum atomic E-state index is 0. The van der Waals surface area contributed by atoms with Gasteiger partial charge >= 0.3 is 0 Å². The van der Waals surface area contributed by atoms with Gasteiger partial charge in [-0.25, -0.2) is 9.97 Å². The Labute approximate surface area is 220 Å². The summed E-state index contributed by atoms with van der Waals surface area (Å²) in [7, 11) is 0. The Bertz CT molecular complexity index is 1160. The largest absolute Gasteiger partial charge is 1.00 e. The van der Waals surface area contributed by atoms with E-state index in [9.17, 15) is 0 Å². The molecule has 0 atom stereocenters. The first-order valence-electron chi connectivity index (χ1n) is 13.0. The quantitative estimate of drug-likeness (QED) is 0.187. The highest BCUT2D eigenvalue weighted by Gasteiger charge is 2.21. The second-order valence-electron chi connectivity index (χ2n) is 9.09. The Morgan fingerprint density at radius 1 is 0.629 bits per heavy atom. The maximum Gasteiger partial charge on any atom is 0.233 e. The van der Waals surface area contributed by atoms with E-state index < -0.39 is 0 Å². The molecule has 0 unspecified atom stereocenters. The smallest absolute Gasteiger partial charge is 0.233 e. The molecule has 0 spiro atoms. The van der Waals surface area contributed by atoms with Crippen molar-refractivity contribution in [1.82, 2.24) is 15.0 Å². The zero-order valence-electron chi connectivity index (χ0n) is 20.9. The lowest BCUT2D eigenvalue weighted by molar-refractivity contribution is -0.686. The number of nitrogens with zero attached hydrogens (tertiary/aromatic N) is 4. The zero-order chi connectivity index (χ0) is 23.4. The summed E-state index contributed by atoms with van der Waals surface area (Å²) in [4.78, 5) is 14.6. The highest BCUT2D eigenvalue weighted by atomic mass is 79.9. The minimum Gasteiger partial charge on any atom is -1.00 e. The Morgan fingerprint density at radius 2 is 1.23 bits per heavy atom. The Balaban J connectivity index is 0.00000342. The summed E-state index contributed by atoms with van der Waals surface area (Å²) in [6.45, 7) is 3.27. The van der Waals surface area contributed by atoms with Crippen LogP contribution in [0.3, 0.4) is 0 Å². The minimum absolute atomic E-state index is 0. The molecule has 4 nitrogen and oxygen atoms in total. The van der Waals surface area contributed by atoms with Crippen LogP contribution >= 0.6 is 0 Å². The van der Waals surface area contributed by atoms with E-state index in [2.05, 4.69) is 40.9 Å². The molecule has 0 radical (unpaired) electrons. The summed E-state index contributed by atoms with van der Waals surface area (Å²) in [5.41, 5.74) is 5.48. The summed E-state index contributed by atoms with van der Waals surface area (Å²) < 4.78 is 2.33. The van der Waals surface area contributed by atoms with Crippen molar-refractivity contribution >= 4 is 11.0 Å². The lowest BCUT2D eigenvalue weighted by Crippen LogP contribution is -3.00. The summed E-state index contributed by atoms with van der Waals surface area (Å²) >= 11 is 0. The van der Waals surface area contributed by atoms with Crippen molar-refractivity contribution in [3.63, 3.8) is 0 Å². The predicted molar refractivity (Wildman–Crippen MR) is 140 cm³/mol. The van der Waals surface area contributed by atoms with Gasteiger partial charge in [0.05, 0.1) is 16.7 Å². The molecular formula is C30H37BrN4. The normalized spacial score (nSPS) is 10.9. The van der Waals surface area contributed by atoms with E-state index in [0.29, 0.717) is 0 Å². The first-order valence-corrected chi connectivity index (χ1v) is 13.0. The number of aryl methyl sites for hydroxylation is 1. The fraction of sp³-hybridized carbons (Fsp3) is 0.400. The van der Waals surface area contributed by atoms with Gasteiger partial charge in [-0.3, -0.25) is 4.98 Å². The number of para-hydroxylation sites is 2. The molecule has 3 heterocycles.